The lowest BCUT2D eigenvalue weighted by atomic mass is 9.90. The third-order valence-electron chi connectivity index (χ3n) is 6.33. The van der Waals surface area contributed by atoms with Crippen molar-refractivity contribution in [3.63, 3.8) is 0 Å². The second kappa shape index (κ2) is 9.79. The van der Waals surface area contributed by atoms with Gasteiger partial charge in [0.25, 0.3) is 5.91 Å². The highest BCUT2D eigenvalue weighted by Crippen LogP contribution is 2.32. The molecule has 2 aromatic carbocycles. The van der Waals surface area contributed by atoms with Crippen molar-refractivity contribution in [3.8, 4) is 0 Å². The molecule has 4 nitrogen and oxygen atoms in total. The minimum atomic E-state index is 0.0105. The normalized spacial score (nSPS) is 14.8. The SMILES string of the molecule is Cc1c(C)c(C)c(CSc2ccccc2C(=O)NCN2CCNCC2)c(C)c1C. The maximum atomic E-state index is 12.8. The second-order valence-corrected chi connectivity index (χ2v) is 8.94. The molecule has 0 unspecified atom stereocenters. The summed E-state index contributed by atoms with van der Waals surface area (Å²) in [6.45, 7) is 15.6. The Labute approximate surface area is 179 Å². The fourth-order valence-corrected chi connectivity index (χ4v) is 5.10. The third kappa shape index (κ3) is 5.03. The zero-order valence-electron chi connectivity index (χ0n) is 18.3. The number of carbonyl (C=O) groups excluding carboxylic acids is 1. The molecule has 1 fully saturated rings. The van der Waals surface area contributed by atoms with E-state index in [0.29, 0.717) is 6.67 Å². The maximum Gasteiger partial charge on any atom is 0.253 e. The van der Waals surface area contributed by atoms with Crippen molar-refractivity contribution in [2.75, 3.05) is 32.8 Å². The molecule has 0 radical (unpaired) electrons. The second-order valence-electron chi connectivity index (χ2n) is 7.92. The molecular weight excluding hydrogens is 378 g/mol. The van der Waals surface area contributed by atoms with E-state index >= 15 is 0 Å². The number of hydrogen-bond acceptors (Lipinski definition) is 4. The number of rotatable bonds is 6. The molecule has 2 aromatic rings. The summed E-state index contributed by atoms with van der Waals surface area (Å²) in [6.07, 6.45) is 0. The van der Waals surface area contributed by atoms with Gasteiger partial charge < -0.3 is 10.6 Å². The van der Waals surface area contributed by atoms with E-state index in [2.05, 4.69) is 56.2 Å². The Morgan fingerprint density at radius 1 is 0.966 bits per heavy atom. The van der Waals surface area contributed by atoms with E-state index in [1.165, 1.54) is 33.4 Å². The highest BCUT2D eigenvalue weighted by atomic mass is 32.2. The number of hydrogen-bond donors (Lipinski definition) is 2. The lowest BCUT2D eigenvalue weighted by molar-refractivity contribution is 0.0914. The summed E-state index contributed by atoms with van der Waals surface area (Å²) >= 11 is 1.76. The monoisotopic (exact) mass is 411 g/mol. The molecule has 1 heterocycles. The number of nitrogens with zero attached hydrogens (tertiary/aromatic N) is 1. The van der Waals surface area contributed by atoms with Crippen LogP contribution in [-0.2, 0) is 5.75 Å². The first-order valence-corrected chi connectivity index (χ1v) is 11.4. The molecule has 0 spiro atoms. The maximum absolute atomic E-state index is 12.8. The number of amides is 1. The Hall–Kier alpha value is -1.82. The van der Waals surface area contributed by atoms with Gasteiger partial charge in [0.1, 0.15) is 0 Å². The van der Waals surface area contributed by atoms with Crippen molar-refractivity contribution in [1.29, 1.82) is 0 Å². The van der Waals surface area contributed by atoms with Gasteiger partial charge in [0.05, 0.1) is 12.2 Å². The van der Waals surface area contributed by atoms with E-state index in [0.717, 1.165) is 42.4 Å². The molecule has 3 rings (SSSR count). The van der Waals surface area contributed by atoms with Gasteiger partial charge in [0, 0.05) is 36.8 Å². The van der Waals surface area contributed by atoms with Gasteiger partial charge in [-0.2, -0.15) is 0 Å². The Morgan fingerprint density at radius 2 is 1.55 bits per heavy atom. The molecule has 156 valence electrons. The summed E-state index contributed by atoms with van der Waals surface area (Å²) in [6, 6.07) is 7.95. The average molecular weight is 412 g/mol. The first kappa shape index (κ1) is 21.9. The van der Waals surface area contributed by atoms with Crippen LogP contribution in [0.1, 0.15) is 43.7 Å². The summed E-state index contributed by atoms with van der Waals surface area (Å²) in [4.78, 5) is 16.2. The fraction of sp³-hybridized carbons (Fsp3) is 0.458. The van der Waals surface area contributed by atoms with Crippen molar-refractivity contribution < 1.29 is 4.79 Å². The number of piperazine rings is 1. The summed E-state index contributed by atoms with van der Waals surface area (Å²) in [5, 5.41) is 6.44. The summed E-state index contributed by atoms with van der Waals surface area (Å²) in [7, 11) is 0. The van der Waals surface area contributed by atoms with Gasteiger partial charge in [-0.1, -0.05) is 12.1 Å². The first-order chi connectivity index (χ1) is 13.9. The van der Waals surface area contributed by atoms with Crippen molar-refractivity contribution in [3.05, 3.63) is 63.2 Å². The lowest BCUT2D eigenvalue weighted by Gasteiger charge is -2.27. The molecule has 1 amide bonds. The minimum Gasteiger partial charge on any atom is -0.339 e. The van der Waals surface area contributed by atoms with Crippen LogP contribution in [-0.4, -0.2) is 43.7 Å². The number of nitrogens with one attached hydrogen (secondary N) is 2. The summed E-state index contributed by atoms with van der Waals surface area (Å²) in [5.41, 5.74) is 9.06. The molecular formula is C24H33N3OS. The predicted octanol–water partition coefficient (Wildman–Crippen LogP) is 4.11. The van der Waals surface area contributed by atoms with E-state index < -0.39 is 0 Å². The van der Waals surface area contributed by atoms with Crippen LogP contribution in [0.15, 0.2) is 29.2 Å². The third-order valence-corrected chi connectivity index (χ3v) is 7.43. The first-order valence-electron chi connectivity index (χ1n) is 10.4. The fourth-order valence-electron chi connectivity index (χ4n) is 3.87. The minimum absolute atomic E-state index is 0.0105. The van der Waals surface area contributed by atoms with Crippen LogP contribution in [0.5, 0.6) is 0 Å². The molecule has 0 saturated carbocycles. The molecule has 1 aliphatic rings. The Morgan fingerprint density at radius 3 is 2.21 bits per heavy atom. The van der Waals surface area contributed by atoms with Crippen LogP contribution < -0.4 is 10.6 Å². The van der Waals surface area contributed by atoms with E-state index in [1.807, 2.05) is 18.2 Å². The molecule has 2 N–H and O–H groups in total. The molecule has 0 bridgehead atoms. The number of thioether (sulfide) groups is 1. The number of benzene rings is 2. The van der Waals surface area contributed by atoms with Gasteiger partial charge in [0.15, 0.2) is 0 Å². The Kier molecular flexibility index (Phi) is 7.38. The van der Waals surface area contributed by atoms with Gasteiger partial charge in [-0.05, 0) is 80.1 Å². The van der Waals surface area contributed by atoms with Crippen LogP contribution in [0.2, 0.25) is 0 Å². The molecule has 0 atom stereocenters. The molecule has 5 heteroatoms. The Balaban J connectivity index is 1.72. The van der Waals surface area contributed by atoms with Crippen LogP contribution in [0.4, 0.5) is 0 Å². The molecule has 0 aliphatic carbocycles. The molecule has 29 heavy (non-hydrogen) atoms. The van der Waals surface area contributed by atoms with Gasteiger partial charge in [-0.25, -0.2) is 0 Å². The average Bonchev–Trinajstić information content (AvgIpc) is 2.75. The molecule has 0 aromatic heterocycles. The molecule has 1 aliphatic heterocycles. The van der Waals surface area contributed by atoms with Gasteiger partial charge in [-0.3, -0.25) is 9.69 Å². The topological polar surface area (TPSA) is 44.4 Å². The van der Waals surface area contributed by atoms with E-state index in [9.17, 15) is 4.79 Å². The van der Waals surface area contributed by atoms with E-state index in [-0.39, 0.29) is 5.91 Å². The molecule has 1 saturated heterocycles. The lowest BCUT2D eigenvalue weighted by Crippen LogP contribution is -2.48. The summed E-state index contributed by atoms with van der Waals surface area (Å²) in [5.74, 6) is 0.887. The van der Waals surface area contributed by atoms with Gasteiger partial charge in [0.2, 0.25) is 0 Å². The van der Waals surface area contributed by atoms with Crippen LogP contribution in [0.3, 0.4) is 0 Å². The number of carbonyl (C=O) groups is 1. The van der Waals surface area contributed by atoms with Gasteiger partial charge in [-0.15, -0.1) is 11.8 Å². The zero-order valence-corrected chi connectivity index (χ0v) is 19.1. The summed E-state index contributed by atoms with van der Waals surface area (Å²) < 4.78 is 0. The smallest absolute Gasteiger partial charge is 0.253 e. The van der Waals surface area contributed by atoms with Crippen LogP contribution in [0.25, 0.3) is 0 Å². The van der Waals surface area contributed by atoms with Crippen LogP contribution in [0, 0.1) is 34.6 Å². The Bertz CT molecular complexity index is 859. The predicted molar refractivity (Wildman–Crippen MR) is 123 cm³/mol. The van der Waals surface area contributed by atoms with Crippen LogP contribution >= 0.6 is 11.8 Å². The zero-order chi connectivity index (χ0) is 21.0. The highest BCUT2D eigenvalue weighted by Gasteiger charge is 2.16. The van der Waals surface area contributed by atoms with Crippen molar-refractivity contribution >= 4 is 17.7 Å². The van der Waals surface area contributed by atoms with Crippen molar-refractivity contribution in [1.82, 2.24) is 15.5 Å². The largest absolute Gasteiger partial charge is 0.339 e. The quantitative estimate of drug-likeness (QED) is 0.702. The van der Waals surface area contributed by atoms with E-state index in [1.54, 1.807) is 11.8 Å². The van der Waals surface area contributed by atoms with Gasteiger partial charge >= 0.3 is 0 Å². The van der Waals surface area contributed by atoms with E-state index in [4.69, 9.17) is 0 Å². The highest BCUT2D eigenvalue weighted by molar-refractivity contribution is 7.98. The van der Waals surface area contributed by atoms with Crippen molar-refractivity contribution in [2.45, 2.75) is 45.3 Å². The standard InChI is InChI=1S/C24H33N3OS/c1-16-17(2)19(4)22(20(5)18(16)3)14-29-23-9-7-6-8-21(23)24(28)26-15-27-12-10-25-11-13-27/h6-9,25H,10-15H2,1-5H3,(H,26,28). The van der Waals surface area contributed by atoms with Crippen molar-refractivity contribution in [2.24, 2.45) is 0 Å².